The van der Waals surface area contributed by atoms with Crippen LogP contribution in [0.3, 0.4) is 0 Å². The molecule has 0 spiro atoms. The fraction of sp³-hybridized carbons (Fsp3) is 0.353. The number of sulfonamides is 2. The van der Waals surface area contributed by atoms with E-state index in [-0.39, 0.29) is 36.2 Å². The number of hydrogen-bond donors (Lipinski definition) is 0. The van der Waals surface area contributed by atoms with Crippen LogP contribution in [0.1, 0.15) is 11.3 Å². The van der Waals surface area contributed by atoms with Crippen molar-refractivity contribution in [1.82, 2.24) is 18.4 Å². The van der Waals surface area contributed by atoms with E-state index in [0.29, 0.717) is 5.69 Å². The quantitative estimate of drug-likeness (QED) is 0.699. The number of rotatable bonds is 5. The van der Waals surface area contributed by atoms with E-state index in [2.05, 4.69) is 5.10 Å². The molecule has 1 saturated heterocycles. The van der Waals surface area contributed by atoms with Gasteiger partial charge in [-0.2, -0.15) is 13.7 Å². The third kappa shape index (κ3) is 4.15. The maximum Gasteiger partial charge on any atom is 0.248 e. The molecular weight excluding hydrogens is 424 g/mol. The Morgan fingerprint density at radius 2 is 1.57 bits per heavy atom. The van der Waals surface area contributed by atoms with E-state index in [1.807, 2.05) is 18.2 Å². The molecule has 1 aliphatic heterocycles. The number of hydrogen-bond acceptors (Lipinski definition) is 5. The van der Waals surface area contributed by atoms with Gasteiger partial charge in [0.15, 0.2) is 0 Å². The Labute approximate surface area is 170 Å². The van der Waals surface area contributed by atoms with Crippen LogP contribution in [0, 0.1) is 6.92 Å². The fourth-order valence-electron chi connectivity index (χ4n) is 3.01. The summed E-state index contributed by atoms with van der Waals surface area (Å²) in [7, 11) is -5.92. The largest absolute Gasteiger partial charge is 0.255 e. The molecule has 0 unspecified atom stereocenters. The molecule has 2 aromatic rings. The van der Waals surface area contributed by atoms with Crippen LogP contribution in [-0.2, 0) is 27.1 Å². The summed E-state index contributed by atoms with van der Waals surface area (Å²) in [6, 6.07) is 9.09. The summed E-state index contributed by atoms with van der Waals surface area (Å²) in [5.41, 5.74) is 1.09. The van der Waals surface area contributed by atoms with Gasteiger partial charge in [0.25, 0.3) is 0 Å². The molecule has 8 nitrogen and oxygen atoms in total. The van der Waals surface area contributed by atoms with Crippen LogP contribution in [0.5, 0.6) is 0 Å². The van der Waals surface area contributed by atoms with Gasteiger partial charge in [0, 0.05) is 38.6 Å². The molecule has 1 aliphatic rings. The zero-order valence-corrected chi connectivity index (χ0v) is 17.9. The number of benzene rings is 1. The molecule has 0 radical (unpaired) electrons. The molecule has 0 saturated carbocycles. The summed E-state index contributed by atoms with van der Waals surface area (Å²) in [5, 5.41) is 5.23. The average molecular weight is 445 g/mol. The van der Waals surface area contributed by atoms with Crippen molar-refractivity contribution in [2.75, 3.05) is 26.2 Å². The van der Waals surface area contributed by atoms with Crippen molar-refractivity contribution in [2.24, 2.45) is 7.05 Å². The predicted molar refractivity (Wildman–Crippen MR) is 108 cm³/mol. The molecule has 0 aliphatic carbocycles. The van der Waals surface area contributed by atoms with Crippen LogP contribution in [0.25, 0.3) is 6.08 Å². The van der Waals surface area contributed by atoms with E-state index in [9.17, 15) is 16.8 Å². The minimum absolute atomic E-state index is 0.0306. The monoisotopic (exact) mass is 444 g/mol. The number of aromatic nitrogens is 2. The summed E-state index contributed by atoms with van der Waals surface area (Å²) < 4.78 is 54.7. The van der Waals surface area contributed by atoms with Crippen LogP contribution in [-0.4, -0.2) is 61.4 Å². The van der Waals surface area contributed by atoms with Gasteiger partial charge in [-0.3, -0.25) is 4.68 Å². The van der Waals surface area contributed by atoms with Crippen molar-refractivity contribution in [2.45, 2.75) is 11.8 Å². The molecule has 11 heteroatoms. The van der Waals surface area contributed by atoms with E-state index in [0.717, 1.165) is 11.0 Å². The van der Waals surface area contributed by atoms with Gasteiger partial charge >= 0.3 is 0 Å². The zero-order chi connectivity index (χ0) is 20.5. The first-order chi connectivity index (χ1) is 13.1. The van der Waals surface area contributed by atoms with Gasteiger partial charge in [-0.25, -0.2) is 16.8 Å². The Kier molecular flexibility index (Phi) is 5.97. The van der Waals surface area contributed by atoms with Gasteiger partial charge < -0.3 is 0 Å². The molecule has 28 heavy (non-hydrogen) atoms. The molecule has 1 fully saturated rings. The van der Waals surface area contributed by atoms with E-state index in [4.69, 9.17) is 11.6 Å². The Hall–Kier alpha value is -1.72. The van der Waals surface area contributed by atoms with Gasteiger partial charge in [0.1, 0.15) is 10.0 Å². The molecule has 0 atom stereocenters. The summed E-state index contributed by atoms with van der Waals surface area (Å²) in [5.74, 6) is 0. The first-order valence-electron chi connectivity index (χ1n) is 8.55. The van der Waals surface area contributed by atoms with Crippen molar-refractivity contribution in [1.29, 1.82) is 0 Å². The standard InChI is InChI=1S/C17H21ClN4O4S2/c1-14-16(17(18)20(2)19-14)28(25,26)22-11-9-21(10-12-22)27(23,24)13-8-15-6-4-3-5-7-15/h3-8,13H,9-12H2,1-2H3. The lowest BCUT2D eigenvalue weighted by molar-refractivity contribution is 0.275. The van der Waals surface area contributed by atoms with Crippen LogP contribution >= 0.6 is 11.6 Å². The molecule has 1 aromatic heterocycles. The maximum absolute atomic E-state index is 12.9. The predicted octanol–water partition coefficient (Wildman–Crippen LogP) is 1.69. The highest BCUT2D eigenvalue weighted by Gasteiger charge is 2.35. The lowest BCUT2D eigenvalue weighted by atomic mass is 10.2. The van der Waals surface area contributed by atoms with E-state index in [1.165, 1.54) is 19.4 Å². The fourth-order valence-corrected chi connectivity index (χ4v) is 6.31. The van der Waals surface area contributed by atoms with Gasteiger partial charge in [-0.05, 0) is 18.6 Å². The molecule has 2 heterocycles. The van der Waals surface area contributed by atoms with Gasteiger partial charge in [0.2, 0.25) is 20.0 Å². The third-order valence-corrected chi connectivity index (χ3v) is 8.65. The van der Waals surface area contributed by atoms with Crippen molar-refractivity contribution in [3.05, 3.63) is 52.2 Å². The molecule has 0 bridgehead atoms. The van der Waals surface area contributed by atoms with Crippen molar-refractivity contribution in [3.8, 4) is 0 Å². The highest BCUT2D eigenvalue weighted by atomic mass is 35.5. The number of piperazine rings is 1. The molecule has 1 aromatic carbocycles. The highest BCUT2D eigenvalue weighted by molar-refractivity contribution is 7.92. The molecular formula is C17H21ClN4O4S2. The molecule has 152 valence electrons. The van der Waals surface area contributed by atoms with Gasteiger partial charge in [-0.1, -0.05) is 41.9 Å². The lowest BCUT2D eigenvalue weighted by Gasteiger charge is -2.32. The van der Waals surface area contributed by atoms with E-state index >= 15 is 0 Å². The SMILES string of the molecule is Cc1nn(C)c(Cl)c1S(=O)(=O)N1CCN(S(=O)(=O)C=Cc2ccccc2)CC1. The number of aryl methyl sites for hydroxylation is 2. The Bertz CT molecular complexity index is 1090. The second-order valence-electron chi connectivity index (χ2n) is 6.39. The topological polar surface area (TPSA) is 92.6 Å². The Morgan fingerprint density at radius 1 is 1.00 bits per heavy atom. The van der Waals surface area contributed by atoms with Crippen LogP contribution in [0.15, 0.2) is 40.6 Å². The second kappa shape index (κ2) is 7.96. The normalized spacial score (nSPS) is 17.4. The first-order valence-corrected chi connectivity index (χ1v) is 11.9. The van der Waals surface area contributed by atoms with Crippen LogP contribution in [0.4, 0.5) is 0 Å². The summed E-state index contributed by atoms with van der Waals surface area (Å²) >= 11 is 6.10. The molecule has 0 N–H and O–H groups in total. The first kappa shape index (κ1) is 21.0. The van der Waals surface area contributed by atoms with Crippen LogP contribution < -0.4 is 0 Å². The van der Waals surface area contributed by atoms with E-state index < -0.39 is 20.0 Å². The summed E-state index contributed by atoms with van der Waals surface area (Å²) in [6.45, 7) is 1.81. The Balaban J connectivity index is 1.72. The van der Waals surface area contributed by atoms with Crippen molar-refractivity contribution < 1.29 is 16.8 Å². The Morgan fingerprint density at radius 3 is 2.11 bits per heavy atom. The number of halogens is 1. The summed E-state index contributed by atoms with van der Waals surface area (Å²) in [6.07, 6.45) is 1.53. The van der Waals surface area contributed by atoms with Gasteiger partial charge in [-0.15, -0.1) is 0 Å². The second-order valence-corrected chi connectivity index (χ2v) is 10.4. The summed E-state index contributed by atoms with van der Waals surface area (Å²) in [4.78, 5) is -0.0306. The van der Waals surface area contributed by atoms with E-state index in [1.54, 1.807) is 26.1 Å². The maximum atomic E-state index is 12.9. The van der Waals surface area contributed by atoms with Crippen LogP contribution in [0.2, 0.25) is 5.15 Å². The minimum Gasteiger partial charge on any atom is -0.255 e. The highest BCUT2D eigenvalue weighted by Crippen LogP contribution is 2.28. The number of nitrogens with zero attached hydrogens (tertiary/aromatic N) is 4. The third-order valence-electron chi connectivity index (χ3n) is 4.49. The van der Waals surface area contributed by atoms with Crippen molar-refractivity contribution in [3.63, 3.8) is 0 Å². The van der Waals surface area contributed by atoms with Crippen molar-refractivity contribution >= 4 is 37.7 Å². The lowest BCUT2D eigenvalue weighted by Crippen LogP contribution is -2.50. The zero-order valence-electron chi connectivity index (χ0n) is 15.5. The molecule has 0 amide bonds. The molecule has 3 rings (SSSR count). The average Bonchev–Trinajstić information content (AvgIpc) is 2.93. The smallest absolute Gasteiger partial charge is 0.248 e. The minimum atomic E-state index is -3.85. The van der Waals surface area contributed by atoms with Gasteiger partial charge in [0.05, 0.1) is 5.69 Å².